The molecule has 0 saturated heterocycles. The number of nitrogens with two attached hydrogens (primary N) is 1. The minimum atomic E-state index is 0.0158. The molecule has 0 spiro atoms. The van der Waals surface area contributed by atoms with Gasteiger partial charge in [-0.1, -0.05) is 29.8 Å². The molecule has 2 rings (SSSR count). The monoisotopic (exact) mass is 286 g/mol. The fourth-order valence-corrected chi connectivity index (χ4v) is 2.29. The molecule has 0 fully saturated rings. The molecule has 5 nitrogen and oxygen atoms in total. The van der Waals surface area contributed by atoms with Gasteiger partial charge in [0.2, 0.25) is 5.91 Å². The molecule has 21 heavy (non-hydrogen) atoms. The second kappa shape index (κ2) is 5.99. The van der Waals surface area contributed by atoms with Crippen LogP contribution < -0.4 is 5.73 Å². The van der Waals surface area contributed by atoms with Crippen LogP contribution in [-0.2, 0) is 17.9 Å². The molecule has 0 aliphatic rings. The van der Waals surface area contributed by atoms with Gasteiger partial charge in [0.15, 0.2) is 0 Å². The first-order valence-electron chi connectivity index (χ1n) is 6.97. The Kier molecular flexibility index (Phi) is 4.31. The Bertz CT molecular complexity index is 660. The summed E-state index contributed by atoms with van der Waals surface area (Å²) in [5, 5.41) is 4.30. The number of likely N-dealkylation sites (N-methyl/N-ethyl adjacent to an activating group) is 1. The minimum absolute atomic E-state index is 0.0158. The SMILES string of the molecule is Cc1cccc(CN(C)C(=O)Cn2nc(C)c(N)c2C)c1. The van der Waals surface area contributed by atoms with Crippen LogP contribution in [0.1, 0.15) is 22.5 Å². The lowest BCUT2D eigenvalue weighted by atomic mass is 10.1. The van der Waals surface area contributed by atoms with E-state index < -0.39 is 0 Å². The van der Waals surface area contributed by atoms with Gasteiger partial charge in [-0.05, 0) is 26.3 Å². The topological polar surface area (TPSA) is 64.2 Å². The van der Waals surface area contributed by atoms with Crippen LogP contribution >= 0.6 is 0 Å². The van der Waals surface area contributed by atoms with Gasteiger partial charge in [0.1, 0.15) is 6.54 Å². The number of aryl methyl sites for hydroxylation is 2. The molecule has 1 aromatic heterocycles. The van der Waals surface area contributed by atoms with Gasteiger partial charge >= 0.3 is 0 Å². The predicted octanol–water partition coefficient (Wildman–Crippen LogP) is 2.05. The molecule has 2 N–H and O–H groups in total. The van der Waals surface area contributed by atoms with Crippen molar-refractivity contribution < 1.29 is 4.79 Å². The third-order valence-corrected chi connectivity index (χ3v) is 3.65. The number of anilines is 1. The second-order valence-electron chi connectivity index (χ2n) is 5.48. The number of carbonyl (C=O) groups excluding carboxylic acids is 1. The Morgan fingerprint density at radius 2 is 2.05 bits per heavy atom. The summed E-state index contributed by atoms with van der Waals surface area (Å²) in [6, 6.07) is 8.16. The summed E-state index contributed by atoms with van der Waals surface area (Å²) in [6.07, 6.45) is 0. The third kappa shape index (κ3) is 3.42. The molecule has 0 unspecified atom stereocenters. The molecule has 1 aromatic carbocycles. The van der Waals surface area contributed by atoms with Crippen LogP contribution in [0.5, 0.6) is 0 Å². The normalized spacial score (nSPS) is 10.7. The van der Waals surface area contributed by atoms with Crippen molar-refractivity contribution in [3.05, 3.63) is 46.8 Å². The van der Waals surface area contributed by atoms with Crippen molar-refractivity contribution in [1.29, 1.82) is 0 Å². The molecule has 0 atom stereocenters. The maximum atomic E-state index is 12.3. The Balaban J connectivity index is 2.04. The van der Waals surface area contributed by atoms with E-state index in [2.05, 4.69) is 11.2 Å². The maximum absolute atomic E-state index is 12.3. The molecule has 0 aliphatic carbocycles. The van der Waals surface area contributed by atoms with Gasteiger partial charge < -0.3 is 10.6 Å². The third-order valence-electron chi connectivity index (χ3n) is 3.65. The number of hydrogen-bond donors (Lipinski definition) is 1. The first-order valence-corrected chi connectivity index (χ1v) is 6.97. The van der Waals surface area contributed by atoms with Gasteiger partial charge in [0, 0.05) is 13.6 Å². The largest absolute Gasteiger partial charge is 0.396 e. The number of hydrogen-bond acceptors (Lipinski definition) is 3. The zero-order valence-corrected chi connectivity index (χ0v) is 13.1. The zero-order valence-electron chi connectivity index (χ0n) is 13.1. The van der Waals surface area contributed by atoms with E-state index in [0.717, 1.165) is 17.0 Å². The van der Waals surface area contributed by atoms with E-state index in [4.69, 9.17) is 5.73 Å². The molecule has 0 saturated carbocycles. The Morgan fingerprint density at radius 3 is 2.62 bits per heavy atom. The number of carbonyl (C=O) groups is 1. The van der Waals surface area contributed by atoms with Gasteiger partial charge in [-0.3, -0.25) is 9.48 Å². The second-order valence-corrected chi connectivity index (χ2v) is 5.48. The average Bonchev–Trinajstić information content (AvgIpc) is 2.66. The first-order chi connectivity index (χ1) is 9.88. The molecule has 1 heterocycles. The van der Waals surface area contributed by atoms with Crippen LogP contribution in [0.15, 0.2) is 24.3 Å². The summed E-state index contributed by atoms with van der Waals surface area (Å²) >= 11 is 0. The highest BCUT2D eigenvalue weighted by Crippen LogP contribution is 2.15. The van der Waals surface area contributed by atoms with Gasteiger partial charge in [-0.25, -0.2) is 0 Å². The Hall–Kier alpha value is -2.30. The molecule has 0 bridgehead atoms. The lowest BCUT2D eigenvalue weighted by Gasteiger charge is -2.18. The Morgan fingerprint density at radius 1 is 1.33 bits per heavy atom. The van der Waals surface area contributed by atoms with E-state index in [-0.39, 0.29) is 12.5 Å². The van der Waals surface area contributed by atoms with Gasteiger partial charge in [-0.15, -0.1) is 0 Å². The summed E-state index contributed by atoms with van der Waals surface area (Å²) in [5.74, 6) is 0.0158. The average molecular weight is 286 g/mol. The van der Waals surface area contributed by atoms with E-state index in [1.165, 1.54) is 5.56 Å². The number of aromatic nitrogens is 2. The lowest BCUT2D eigenvalue weighted by Crippen LogP contribution is -2.30. The quantitative estimate of drug-likeness (QED) is 0.935. The van der Waals surface area contributed by atoms with Crippen LogP contribution in [0.25, 0.3) is 0 Å². The maximum Gasteiger partial charge on any atom is 0.244 e. The Labute approximate surface area is 125 Å². The van der Waals surface area contributed by atoms with Crippen molar-refractivity contribution in [2.24, 2.45) is 0 Å². The van der Waals surface area contributed by atoms with Gasteiger partial charge in [0.25, 0.3) is 0 Å². The van der Waals surface area contributed by atoms with Crippen LogP contribution in [-0.4, -0.2) is 27.6 Å². The predicted molar refractivity (Wildman–Crippen MR) is 83.8 cm³/mol. The van der Waals surface area contributed by atoms with Crippen LogP contribution in [0.4, 0.5) is 5.69 Å². The first kappa shape index (κ1) is 15.1. The van der Waals surface area contributed by atoms with Crippen molar-refractivity contribution in [2.45, 2.75) is 33.9 Å². The number of nitrogen functional groups attached to an aromatic ring is 1. The van der Waals surface area contributed by atoms with E-state index in [1.54, 1.807) is 16.6 Å². The molecule has 5 heteroatoms. The highest BCUT2D eigenvalue weighted by atomic mass is 16.2. The van der Waals surface area contributed by atoms with E-state index in [9.17, 15) is 4.79 Å². The van der Waals surface area contributed by atoms with Gasteiger partial charge in [-0.2, -0.15) is 5.10 Å². The molecule has 2 aromatic rings. The molecule has 0 radical (unpaired) electrons. The van der Waals surface area contributed by atoms with Crippen molar-refractivity contribution in [1.82, 2.24) is 14.7 Å². The summed E-state index contributed by atoms with van der Waals surface area (Å²) in [6.45, 7) is 6.58. The molecule has 1 amide bonds. The van der Waals surface area contributed by atoms with E-state index >= 15 is 0 Å². The van der Waals surface area contributed by atoms with Gasteiger partial charge in [0.05, 0.1) is 17.1 Å². The molecule has 0 aliphatic heterocycles. The van der Waals surface area contributed by atoms with Crippen LogP contribution in [0.3, 0.4) is 0 Å². The van der Waals surface area contributed by atoms with Crippen molar-refractivity contribution in [3.63, 3.8) is 0 Å². The number of benzene rings is 1. The van der Waals surface area contributed by atoms with E-state index in [1.807, 2.05) is 39.0 Å². The summed E-state index contributed by atoms with van der Waals surface area (Å²) in [4.78, 5) is 14.0. The lowest BCUT2D eigenvalue weighted by molar-refractivity contribution is -0.131. The van der Waals surface area contributed by atoms with Crippen LogP contribution in [0.2, 0.25) is 0 Å². The van der Waals surface area contributed by atoms with Crippen molar-refractivity contribution in [3.8, 4) is 0 Å². The highest BCUT2D eigenvalue weighted by Gasteiger charge is 2.14. The smallest absolute Gasteiger partial charge is 0.244 e. The fraction of sp³-hybridized carbons (Fsp3) is 0.375. The fourth-order valence-electron chi connectivity index (χ4n) is 2.29. The van der Waals surface area contributed by atoms with Crippen LogP contribution in [0, 0.1) is 20.8 Å². The molecule has 112 valence electrons. The zero-order chi connectivity index (χ0) is 15.6. The van der Waals surface area contributed by atoms with Crippen molar-refractivity contribution in [2.75, 3.05) is 12.8 Å². The number of amides is 1. The number of rotatable bonds is 4. The number of nitrogens with zero attached hydrogens (tertiary/aromatic N) is 3. The molecular weight excluding hydrogens is 264 g/mol. The minimum Gasteiger partial charge on any atom is -0.396 e. The summed E-state index contributed by atoms with van der Waals surface area (Å²) in [5.41, 5.74) is 10.5. The van der Waals surface area contributed by atoms with E-state index in [0.29, 0.717) is 12.2 Å². The highest BCUT2D eigenvalue weighted by molar-refractivity contribution is 5.76. The summed E-state index contributed by atoms with van der Waals surface area (Å²) in [7, 11) is 1.81. The molecular formula is C16H22N4O. The summed E-state index contributed by atoms with van der Waals surface area (Å²) < 4.78 is 1.67. The standard InChI is InChI=1S/C16H22N4O/c1-11-6-5-7-14(8-11)9-19(4)15(21)10-20-13(3)16(17)12(2)18-20/h5-8H,9-10,17H2,1-4H3. The van der Waals surface area contributed by atoms with Crippen molar-refractivity contribution >= 4 is 11.6 Å².